The average Bonchev–Trinajstić information content (AvgIpc) is 2.69. The maximum Gasteiger partial charge on any atom is 0.277 e. The molecule has 3 aromatic carbocycles. The van der Waals surface area contributed by atoms with Gasteiger partial charge in [-0.2, -0.15) is 5.10 Å². The molecule has 0 bridgehead atoms. The molecule has 136 valence electrons. The highest BCUT2D eigenvalue weighted by Gasteiger charge is 2.03. The van der Waals surface area contributed by atoms with Crippen molar-refractivity contribution in [2.45, 2.75) is 6.92 Å². The van der Waals surface area contributed by atoms with Crippen LogP contribution in [0.3, 0.4) is 0 Å². The molecule has 0 spiro atoms. The van der Waals surface area contributed by atoms with E-state index in [1.807, 2.05) is 67.6 Å². The number of hydrazone groups is 1. The number of carbonyl (C=O) groups is 1. The molecule has 5 nitrogen and oxygen atoms in total. The highest BCUT2D eigenvalue weighted by atomic mass is 16.5. The van der Waals surface area contributed by atoms with Gasteiger partial charge in [0.1, 0.15) is 11.5 Å². The van der Waals surface area contributed by atoms with Crippen LogP contribution in [-0.2, 0) is 4.79 Å². The van der Waals surface area contributed by atoms with Gasteiger partial charge in [0.05, 0.1) is 6.21 Å². The normalized spacial score (nSPS) is 10.7. The fourth-order valence-electron chi connectivity index (χ4n) is 2.49. The van der Waals surface area contributed by atoms with Crippen molar-refractivity contribution in [2.24, 2.45) is 5.10 Å². The Hall–Kier alpha value is -3.60. The molecule has 27 heavy (non-hydrogen) atoms. The van der Waals surface area contributed by atoms with Crippen LogP contribution in [0.1, 0.15) is 11.1 Å². The van der Waals surface area contributed by atoms with E-state index in [-0.39, 0.29) is 18.3 Å². The lowest BCUT2D eigenvalue weighted by Gasteiger charge is -2.07. The Balaban J connectivity index is 1.49. The van der Waals surface area contributed by atoms with Gasteiger partial charge in [-0.25, -0.2) is 5.43 Å². The lowest BCUT2D eigenvalue weighted by atomic mass is 10.1. The zero-order chi connectivity index (χ0) is 19.1. The Bertz CT molecular complexity index is 936. The van der Waals surface area contributed by atoms with Gasteiger partial charge < -0.3 is 9.84 Å². The van der Waals surface area contributed by atoms with Gasteiger partial charge in [-0.3, -0.25) is 4.79 Å². The number of amides is 1. The second-order valence-corrected chi connectivity index (χ2v) is 6.03. The maximum absolute atomic E-state index is 11.8. The SMILES string of the molecule is Cc1ccc(/C=N\NC(=O)COc2ccc(-c3ccccc3)cc2)c(O)c1. The first-order valence-corrected chi connectivity index (χ1v) is 8.51. The monoisotopic (exact) mass is 360 g/mol. The van der Waals surface area contributed by atoms with Gasteiger partial charge in [0, 0.05) is 5.56 Å². The minimum atomic E-state index is -0.384. The first kappa shape index (κ1) is 18.2. The number of aryl methyl sites for hydroxylation is 1. The van der Waals surface area contributed by atoms with Crippen molar-refractivity contribution in [3.8, 4) is 22.6 Å². The standard InChI is InChI=1S/C22H20N2O3/c1-16-7-8-19(21(25)13-16)14-23-24-22(26)15-27-20-11-9-18(10-12-20)17-5-3-2-4-6-17/h2-14,25H,15H2,1H3,(H,24,26)/b23-14-. The number of rotatable bonds is 6. The van der Waals surface area contributed by atoms with E-state index in [9.17, 15) is 9.90 Å². The summed E-state index contributed by atoms with van der Waals surface area (Å²) in [5, 5.41) is 13.6. The summed E-state index contributed by atoms with van der Waals surface area (Å²) < 4.78 is 5.47. The summed E-state index contributed by atoms with van der Waals surface area (Å²) in [6, 6.07) is 22.8. The molecule has 2 N–H and O–H groups in total. The molecule has 0 atom stereocenters. The minimum Gasteiger partial charge on any atom is -0.507 e. The van der Waals surface area contributed by atoms with Crippen molar-refractivity contribution in [2.75, 3.05) is 6.61 Å². The number of hydrogen-bond acceptors (Lipinski definition) is 4. The van der Waals surface area contributed by atoms with E-state index in [0.29, 0.717) is 11.3 Å². The van der Waals surface area contributed by atoms with Crippen LogP contribution in [0.25, 0.3) is 11.1 Å². The minimum absolute atomic E-state index is 0.114. The van der Waals surface area contributed by atoms with E-state index >= 15 is 0 Å². The van der Waals surface area contributed by atoms with Gasteiger partial charge in [0.15, 0.2) is 6.61 Å². The Kier molecular flexibility index (Phi) is 5.84. The molecule has 0 aromatic heterocycles. The summed E-state index contributed by atoms with van der Waals surface area (Å²) >= 11 is 0. The molecule has 0 aliphatic carbocycles. The number of nitrogens with one attached hydrogen (secondary N) is 1. The summed E-state index contributed by atoms with van der Waals surface area (Å²) in [7, 11) is 0. The van der Waals surface area contributed by atoms with Crippen LogP contribution >= 0.6 is 0 Å². The molecule has 3 aromatic rings. The van der Waals surface area contributed by atoms with Crippen molar-refractivity contribution in [3.63, 3.8) is 0 Å². The number of benzene rings is 3. The summed E-state index contributed by atoms with van der Waals surface area (Å²) in [5.74, 6) is 0.331. The molecule has 0 heterocycles. The molecule has 0 radical (unpaired) electrons. The van der Waals surface area contributed by atoms with E-state index in [4.69, 9.17) is 4.74 Å². The summed E-state index contributed by atoms with van der Waals surface area (Å²) in [4.78, 5) is 11.8. The van der Waals surface area contributed by atoms with Gasteiger partial charge >= 0.3 is 0 Å². The topological polar surface area (TPSA) is 70.9 Å². The first-order valence-electron chi connectivity index (χ1n) is 8.51. The van der Waals surface area contributed by atoms with Crippen LogP contribution in [0.2, 0.25) is 0 Å². The van der Waals surface area contributed by atoms with Crippen LogP contribution in [0.5, 0.6) is 11.5 Å². The van der Waals surface area contributed by atoms with Crippen LogP contribution in [0.15, 0.2) is 77.9 Å². The number of ether oxygens (including phenoxy) is 1. The van der Waals surface area contributed by atoms with Gasteiger partial charge in [-0.05, 0) is 47.9 Å². The lowest BCUT2D eigenvalue weighted by molar-refractivity contribution is -0.123. The fraction of sp³-hybridized carbons (Fsp3) is 0.0909. The van der Waals surface area contributed by atoms with Crippen molar-refractivity contribution in [1.82, 2.24) is 5.43 Å². The number of carbonyl (C=O) groups excluding carboxylic acids is 1. The third kappa shape index (κ3) is 5.19. The smallest absolute Gasteiger partial charge is 0.277 e. The Labute approximate surface area is 157 Å². The molecule has 5 heteroatoms. The van der Waals surface area contributed by atoms with Crippen molar-refractivity contribution in [1.29, 1.82) is 0 Å². The fourth-order valence-corrected chi connectivity index (χ4v) is 2.49. The zero-order valence-corrected chi connectivity index (χ0v) is 14.9. The molecule has 0 saturated heterocycles. The third-order valence-corrected chi connectivity index (χ3v) is 3.91. The number of nitrogens with zero attached hydrogens (tertiary/aromatic N) is 1. The Morgan fingerprint density at radius 1 is 1.04 bits per heavy atom. The quantitative estimate of drug-likeness (QED) is 0.517. The molecule has 3 rings (SSSR count). The number of hydrogen-bond donors (Lipinski definition) is 2. The Morgan fingerprint density at radius 3 is 2.44 bits per heavy atom. The highest BCUT2D eigenvalue weighted by molar-refractivity contribution is 5.85. The largest absolute Gasteiger partial charge is 0.507 e. The lowest BCUT2D eigenvalue weighted by Crippen LogP contribution is -2.24. The van der Waals surface area contributed by atoms with Gasteiger partial charge in [0.2, 0.25) is 0 Å². The predicted molar refractivity (Wildman–Crippen MR) is 106 cm³/mol. The molecule has 0 aliphatic rings. The van der Waals surface area contributed by atoms with Crippen LogP contribution < -0.4 is 10.2 Å². The highest BCUT2D eigenvalue weighted by Crippen LogP contribution is 2.22. The number of phenolic OH excluding ortho intramolecular Hbond substituents is 1. The Morgan fingerprint density at radius 2 is 1.74 bits per heavy atom. The van der Waals surface area contributed by atoms with Crippen LogP contribution in [-0.4, -0.2) is 23.8 Å². The van der Waals surface area contributed by atoms with Crippen LogP contribution in [0, 0.1) is 6.92 Å². The molecule has 0 unspecified atom stereocenters. The van der Waals surface area contributed by atoms with Crippen molar-refractivity contribution < 1.29 is 14.6 Å². The summed E-state index contributed by atoms with van der Waals surface area (Å²) in [5.41, 5.74) is 6.05. The number of phenols is 1. The zero-order valence-electron chi connectivity index (χ0n) is 14.9. The van der Waals surface area contributed by atoms with E-state index in [0.717, 1.165) is 16.7 Å². The van der Waals surface area contributed by atoms with Crippen molar-refractivity contribution >= 4 is 12.1 Å². The molecule has 0 saturated carbocycles. The molecule has 1 amide bonds. The van der Waals surface area contributed by atoms with Crippen LogP contribution in [0.4, 0.5) is 0 Å². The first-order chi connectivity index (χ1) is 13.1. The summed E-state index contributed by atoms with van der Waals surface area (Å²) in [6.45, 7) is 1.73. The second-order valence-electron chi connectivity index (χ2n) is 6.03. The second kappa shape index (κ2) is 8.67. The molecular weight excluding hydrogens is 340 g/mol. The molecular formula is C22H20N2O3. The van der Waals surface area contributed by atoms with E-state index in [2.05, 4.69) is 10.5 Å². The van der Waals surface area contributed by atoms with Crippen molar-refractivity contribution in [3.05, 3.63) is 83.9 Å². The van der Waals surface area contributed by atoms with E-state index in [1.54, 1.807) is 12.1 Å². The molecule has 0 fully saturated rings. The maximum atomic E-state index is 11.8. The third-order valence-electron chi connectivity index (χ3n) is 3.91. The predicted octanol–water partition coefficient (Wildman–Crippen LogP) is 3.90. The number of aromatic hydroxyl groups is 1. The van der Waals surface area contributed by atoms with E-state index < -0.39 is 0 Å². The van der Waals surface area contributed by atoms with Gasteiger partial charge in [-0.15, -0.1) is 0 Å². The summed E-state index contributed by atoms with van der Waals surface area (Å²) in [6.07, 6.45) is 1.39. The van der Waals surface area contributed by atoms with E-state index in [1.165, 1.54) is 6.21 Å². The average molecular weight is 360 g/mol. The van der Waals surface area contributed by atoms with Gasteiger partial charge in [0.25, 0.3) is 5.91 Å². The van der Waals surface area contributed by atoms with Gasteiger partial charge in [-0.1, -0.05) is 48.5 Å². The molecule has 0 aliphatic heterocycles.